The molecule has 5 nitrogen and oxygen atoms in total. The minimum absolute atomic E-state index is 0.000321. The van der Waals surface area contributed by atoms with Crippen molar-refractivity contribution < 1.29 is 31.1 Å². The Hall–Kier alpha value is -3.12. The third-order valence-electron chi connectivity index (χ3n) is 8.29. The second kappa shape index (κ2) is 11.3. The molecule has 41 heavy (non-hydrogen) atoms. The molecule has 3 saturated heterocycles. The van der Waals surface area contributed by atoms with Crippen LogP contribution in [0.3, 0.4) is 0 Å². The quantitative estimate of drug-likeness (QED) is 0.228. The van der Waals surface area contributed by atoms with Crippen LogP contribution in [0.15, 0.2) is 48.7 Å². The number of thiocarbonyl (C=S) groups is 1. The molecule has 1 unspecified atom stereocenters. The molecule has 220 valence electrons. The van der Waals surface area contributed by atoms with Crippen LogP contribution in [0, 0.1) is 11.8 Å². The van der Waals surface area contributed by atoms with Crippen molar-refractivity contribution in [2.24, 2.45) is 11.8 Å². The maximum absolute atomic E-state index is 13.4. The number of aromatic nitrogens is 1. The van der Waals surface area contributed by atoms with E-state index in [1.54, 1.807) is 19.4 Å². The van der Waals surface area contributed by atoms with Gasteiger partial charge in [-0.15, -0.1) is 0 Å². The van der Waals surface area contributed by atoms with Gasteiger partial charge in [0.2, 0.25) is 0 Å². The molecular formula is C29H30F6N4OS. The second-order valence-electron chi connectivity index (χ2n) is 10.7. The Labute approximate surface area is 239 Å². The molecule has 3 aliphatic rings. The zero-order valence-electron chi connectivity index (χ0n) is 22.4. The highest BCUT2D eigenvalue weighted by atomic mass is 32.1. The number of ether oxygens (including phenoxy) is 1. The Balaban J connectivity index is 1.51. The maximum Gasteiger partial charge on any atom is 0.416 e. The summed E-state index contributed by atoms with van der Waals surface area (Å²) in [6, 6.07) is 8.32. The lowest BCUT2D eigenvalue weighted by Gasteiger charge is -2.52. The highest BCUT2D eigenvalue weighted by Gasteiger charge is 2.43. The largest absolute Gasteiger partial charge is 0.497 e. The summed E-state index contributed by atoms with van der Waals surface area (Å²) in [4.78, 5) is 6.88. The molecule has 0 aliphatic carbocycles. The van der Waals surface area contributed by atoms with Crippen LogP contribution in [0.1, 0.15) is 48.9 Å². The van der Waals surface area contributed by atoms with E-state index in [1.165, 1.54) is 0 Å². The predicted octanol–water partition coefficient (Wildman–Crippen LogP) is 7.43. The summed E-state index contributed by atoms with van der Waals surface area (Å²) in [5.74, 6) is 1.72. The summed E-state index contributed by atoms with van der Waals surface area (Å²) < 4.78 is 86.1. The lowest BCUT2D eigenvalue weighted by atomic mass is 9.72. The predicted molar refractivity (Wildman–Crippen MR) is 149 cm³/mol. The van der Waals surface area contributed by atoms with Gasteiger partial charge in [0.25, 0.3) is 0 Å². The Morgan fingerprint density at radius 3 is 2.37 bits per heavy atom. The van der Waals surface area contributed by atoms with Crippen LogP contribution in [-0.2, 0) is 12.4 Å². The Morgan fingerprint density at radius 2 is 1.78 bits per heavy atom. The van der Waals surface area contributed by atoms with Gasteiger partial charge in [0, 0.05) is 29.9 Å². The highest BCUT2D eigenvalue weighted by Crippen LogP contribution is 2.43. The third kappa shape index (κ3) is 6.23. The topological polar surface area (TPSA) is 49.4 Å². The van der Waals surface area contributed by atoms with Crippen LogP contribution < -0.4 is 15.4 Å². The first kappa shape index (κ1) is 29.4. The standard InChI is InChI=1S/C29H30F6N4OS/c1-3-16-15-39-9-7-17(16)10-25(39)26(22-6-8-36-24-5-4-21(40-2)14-23(22)24)38-27(41)37-20-12-18(28(30,31)32)11-19(13-20)29(33,34)35/h4-6,8,11-14,16-17,25-26H,3,7,9-10,15H2,1-2H3,(H2,37,38,41)/t16-,17+,25+,26+/m1/s1. The SMILES string of the molecule is CC[C@@H]1CN2CC[C@H]1C[C@H]2[C@@H](NC(=S)Nc1cc(C(F)(F)F)cc(C(F)(F)F)c1)c1ccnc2ccc(OC)cc12. The van der Waals surface area contributed by atoms with E-state index >= 15 is 0 Å². The number of alkyl halides is 6. The molecular weight excluding hydrogens is 566 g/mol. The van der Waals surface area contributed by atoms with Gasteiger partial charge in [-0.3, -0.25) is 9.88 Å². The van der Waals surface area contributed by atoms with E-state index in [2.05, 4.69) is 27.4 Å². The number of piperidine rings is 3. The van der Waals surface area contributed by atoms with Gasteiger partial charge in [-0.05, 0) is 91.5 Å². The van der Waals surface area contributed by atoms with E-state index in [-0.39, 0.29) is 17.2 Å². The van der Waals surface area contributed by atoms with Gasteiger partial charge < -0.3 is 15.4 Å². The monoisotopic (exact) mass is 596 g/mol. The van der Waals surface area contributed by atoms with E-state index in [0.29, 0.717) is 29.7 Å². The smallest absolute Gasteiger partial charge is 0.416 e. The number of nitrogens with one attached hydrogen (secondary N) is 2. The lowest BCUT2D eigenvalue weighted by Crippen LogP contribution is -2.58. The van der Waals surface area contributed by atoms with Crippen LogP contribution in [0.4, 0.5) is 32.0 Å². The average Bonchev–Trinajstić information content (AvgIpc) is 2.94. The number of hydrogen-bond donors (Lipinski definition) is 2. The third-order valence-corrected chi connectivity index (χ3v) is 8.51. The number of fused-ring (bicyclic) bond motifs is 4. The van der Waals surface area contributed by atoms with E-state index in [9.17, 15) is 26.3 Å². The highest BCUT2D eigenvalue weighted by molar-refractivity contribution is 7.80. The first-order chi connectivity index (χ1) is 19.4. The molecule has 3 aliphatic heterocycles. The summed E-state index contributed by atoms with van der Waals surface area (Å²) in [6.07, 6.45) is -5.21. The molecule has 0 spiro atoms. The number of pyridine rings is 1. The van der Waals surface area contributed by atoms with Gasteiger partial charge in [0.05, 0.1) is 29.8 Å². The van der Waals surface area contributed by atoms with Crippen molar-refractivity contribution >= 4 is 33.9 Å². The van der Waals surface area contributed by atoms with Crippen molar-refractivity contribution in [2.75, 3.05) is 25.5 Å². The first-order valence-corrected chi connectivity index (χ1v) is 13.8. The van der Waals surface area contributed by atoms with E-state index < -0.39 is 35.2 Å². The molecule has 0 saturated carbocycles. The lowest BCUT2D eigenvalue weighted by molar-refractivity contribution is -0.143. The Bertz CT molecular complexity index is 1400. The zero-order valence-corrected chi connectivity index (χ0v) is 23.3. The van der Waals surface area contributed by atoms with Gasteiger partial charge in [0.15, 0.2) is 5.11 Å². The summed E-state index contributed by atoms with van der Waals surface area (Å²) in [5, 5.41) is 6.61. The van der Waals surface area contributed by atoms with Crippen molar-refractivity contribution in [1.29, 1.82) is 0 Å². The second-order valence-corrected chi connectivity index (χ2v) is 11.1. The van der Waals surface area contributed by atoms with E-state index in [4.69, 9.17) is 17.0 Å². The van der Waals surface area contributed by atoms with Gasteiger partial charge in [0.1, 0.15) is 5.75 Å². The fourth-order valence-corrected chi connectivity index (χ4v) is 6.50. The van der Waals surface area contributed by atoms with E-state index in [1.807, 2.05) is 18.2 Å². The van der Waals surface area contributed by atoms with Gasteiger partial charge in [-0.25, -0.2) is 0 Å². The molecule has 0 radical (unpaired) electrons. The number of nitrogens with zero attached hydrogens (tertiary/aromatic N) is 2. The molecule has 2 aromatic carbocycles. The Kier molecular flexibility index (Phi) is 8.08. The number of hydrogen-bond acceptors (Lipinski definition) is 4. The molecule has 2 bridgehead atoms. The van der Waals surface area contributed by atoms with Crippen LogP contribution in [-0.4, -0.2) is 41.2 Å². The van der Waals surface area contributed by atoms with Crippen molar-refractivity contribution in [2.45, 2.75) is 50.6 Å². The number of methoxy groups -OCH3 is 1. The summed E-state index contributed by atoms with van der Waals surface area (Å²) >= 11 is 5.51. The molecule has 12 heteroatoms. The molecule has 6 rings (SSSR count). The van der Waals surface area contributed by atoms with Crippen LogP contribution in [0.5, 0.6) is 5.75 Å². The number of halogens is 6. The molecule has 5 atom stereocenters. The zero-order chi connectivity index (χ0) is 29.5. The van der Waals surface area contributed by atoms with Gasteiger partial charge in [-0.1, -0.05) is 13.3 Å². The fourth-order valence-electron chi connectivity index (χ4n) is 6.25. The molecule has 0 amide bonds. The van der Waals surface area contributed by atoms with Gasteiger partial charge in [-0.2, -0.15) is 26.3 Å². The maximum atomic E-state index is 13.4. The van der Waals surface area contributed by atoms with Crippen molar-refractivity contribution in [3.63, 3.8) is 0 Å². The molecule has 3 fully saturated rings. The fraction of sp³-hybridized carbons (Fsp3) is 0.448. The summed E-state index contributed by atoms with van der Waals surface area (Å²) in [7, 11) is 1.56. The van der Waals surface area contributed by atoms with Crippen LogP contribution >= 0.6 is 12.2 Å². The van der Waals surface area contributed by atoms with E-state index in [0.717, 1.165) is 48.8 Å². The van der Waals surface area contributed by atoms with Crippen LogP contribution in [0.2, 0.25) is 0 Å². The van der Waals surface area contributed by atoms with Crippen molar-refractivity contribution in [3.8, 4) is 5.75 Å². The van der Waals surface area contributed by atoms with Crippen LogP contribution in [0.25, 0.3) is 10.9 Å². The number of benzene rings is 2. The first-order valence-electron chi connectivity index (χ1n) is 13.4. The summed E-state index contributed by atoms with van der Waals surface area (Å²) in [6.45, 7) is 4.00. The number of anilines is 1. The van der Waals surface area contributed by atoms with Gasteiger partial charge >= 0.3 is 12.4 Å². The number of rotatable bonds is 6. The molecule has 3 aromatic rings. The molecule has 1 aromatic heterocycles. The molecule has 2 N–H and O–H groups in total. The molecule has 4 heterocycles. The van der Waals surface area contributed by atoms with Crippen molar-refractivity contribution in [3.05, 3.63) is 65.4 Å². The van der Waals surface area contributed by atoms with Crippen molar-refractivity contribution in [1.82, 2.24) is 15.2 Å². The minimum Gasteiger partial charge on any atom is -0.497 e. The minimum atomic E-state index is -4.96. The normalized spacial score (nSPS) is 23.3. The summed E-state index contributed by atoms with van der Waals surface area (Å²) in [5.41, 5.74) is -1.64. The Morgan fingerprint density at radius 1 is 1.07 bits per heavy atom. The average molecular weight is 597 g/mol.